The van der Waals surface area contributed by atoms with Crippen molar-refractivity contribution in [3.05, 3.63) is 22.3 Å². The summed E-state index contributed by atoms with van der Waals surface area (Å²) < 4.78 is 6.88. The Kier molecular flexibility index (Phi) is 3.09. The Balaban J connectivity index is 1.70. The summed E-state index contributed by atoms with van der Waals surface area (Å²) in [7, 11) is 0. The molecule has 0 spiro atoms. The molecule has 3 rings (SSSR count). The zero-order chi connectivity index (χ0) is 11.8. The third kappa shape index (κ3) is 2.47. The molecule has 1 N–H and O–H groups in total. The molecule has 2 aliphatic rings. The molecule has 2 atom stereocenters. The Morgan fingerprint density at radius 3 is 2.88 bits per heavy atom. The molecule has 2 fully saturated rings. The van der Waals surface area contributed by atoms with E-state index in [0.717, 1.165) is 34.9 Å². The van der Waals surface area contributed by atoms with Gasteiger partial charge in [-0.2, -0.15) is 0 Å². The standard InChI is InChI=1S/C13H17BrN2O/c1-8-10(14)4-5-12(15-8)16-11-6-7-17-13(11)9-2-3-9/h4-5,9,11,13H,2-3,6-7H2,1H3,(H,15,16). The molecule has 0 aromatic carbocycles. The van der Waals surface area contributed by atoms with Gasteiger partial charge in [0.2, 0.25) is 0 Å². The number of halogens is 1. The first kappa shape index (κ1) is 11.5. The van der Waals surface area contributed by atoms with Gasteiger partial charge in [-0.3, -0.25) is 0 Å². The first-order valence-electron chi connectivity index (χ1n) is 6.25. The van der Waals surface area contributed by atoms with Crippen molar-refractivity contribution < 1.29 is 4.74 Å². The molecule has 1 aliphatic heterocycles. The van der Waals surface area contributed by atoms with Gasteiger partial charge >= 0.3 is 0 Å². The van der Waals surface area contributed by atoms with Crippen LogP contribution in [0.15, 0.2) is 16.6 Å². The summed E-state index contributed by atoms with van der Waals surface area (Å²) in [5.41, 5.74) is 1.02. The minimum absolute atomic E-state index is 0.403. The zero-order valence-corrected chi connectivity index (χ0v) is 11.5. The van der Waals surface area contributed by atoms with Crippen LogP contribution < -0.4 is 5.32 Å². The highest BCUT2D eigenvalue weighted by molar-refractivity contribution is 9.10. The Bertz CT molecular complexity index is 420. The maximum absolute atomic E-state index is 5.82. The van der Waals surface area contributed by atoms with Gasteiger partial charge in [0.05, 0.1) is 17.8 Å². The van der Waals surface area contributed by atoms with Crippen molar-refractivity contribution in [2.45, 2.75) is 38.3 Å². The lowest BCUT2D eigenvalue weighted by Gasteiger charge is -2.20. The van der Waals surface area contributed by atoms with Crippen LogP contribution in [0.5, 0.6) is 0 Å². The topological polar surface area (TPSA) is 34.2 Å². The monoisotopic (exact) mass is 296 g/mol. The van der Waals surface area contributed by atoms with E-state index in [1.54, 1.807) is 0 Å². The molecule has 4 heteroatoms. The Labute approximate surface area is 110 Å². The maximum atomic E-state index is 5.82. The molecule has 0 bridgehead atoms. The van der Waals surface area contributed by atoms with Crippen molar-refractivity contribution >= 4 is 21.7 Å². The second kappa shape index (κ2) is 4.58. The normalized spacial score (nSPS) is 28.4. The molecule has 1 aromatic rings. The number of hydrogen-bond donors (Lipinski definition) is 1. The minimum atomic E-state index is 0.403. The number of aromatic nitrogens is 1. The molecular weight excluding hydrogens is 280 g/mol. The van der Waals surface area contributed by atoms with Gasteiger partial charge in [-0.15, -0.1) is 0 Å². The van der Waals surface area contributed by atoms with Crippen molar-refractivity contribution in [1.29, 1.82) is 0 Å². The van der Waals surface area contributed by atoms with E-state index in [0.29, 0.717) is 12.1 Å². The lowest BCUT2D eigenvalue weighted by molar-refractivity contribution is 0.0898. The minimum Gasteiger partial charge on any atom is -0.376 e. The van der Waals surface area contributed by atoms with E-state index in [4.69, 9.17) is 4.74 Å². The van der Waals surface area contributed by atoms with Gasteiger partial charge in [-0.1, -0.05) is 0 Å². The number of aryl methyl sites for hydroxylation is 1. The van der Waals surface area contributed by atoms with E-state index in [1.807, 2.05) is 19.1 Å². The summed E-state index contributed by atoms with van der Waals surface area (Å²) in [6.07, 6.45) is 4.16. The van der Waals surface area contributed by atoms with Crippen molar-refractivity contribution in [2.24, 2.45) is 5.92 Å². The van der Waals surface area contributed by atoms with Crippen LogP contribution in [0.1, 0.15) is 25.0 Å². The van der Waals surface area contributed by atoms with Gasteiger partial charge in [0.25, 0.3) is 0 Å². The summed E-state index contributed by atoms with van der Waals surface area (Å²) in [6.45, 7) is 2.90. The van der Waals surface area contributed by atoms with E-state index in [2.05, 4.69) is 26.2 Å². The first-order valence-corrected chi connectivity index (χ1v) is 7.04. The van der Waals surface area contributed by atoms with E-state index in [9.17, 15) is 0 Å². The summed E-state index contributed by atoms with van der Waals surface area (Å²) >= 11 is 3.47. The predicted molar refractivity (Wildman–Crippen MR) is 71.2 cm³/mol. The number of anilines is 1. The fourth-order valence-corrected chi connectivity index (χ4v) is 2.69. The van der Waals surface area contributed by atoms with E-state index in [-0.39, 0.29) is 0 Å². The number of rotatable bonds is 3. The van der Waals surface area contributed by atoms with Crippen LogP contribution in [-0.2, 0) is 4.74 Å². The summed E-state index contributed by atoms with van der Waals surface area (Å²) in [4.78, 5) is 4.54. The average molecular weight is 297 g/mol. The van der Waals surface area contributed by atoms with Gasteiger partial charge in [-0.05, 0) is 60.2 Å². The molecule has 17 heavy (non-hydrogen) atoms. The number of pyridine rings is 1. The van der Waals surface area contributed by atoms with Crippen LogP contribution in [0.3, 0.4) is 0 Å². The smallest absolute Gasteiger partial charge is 0.126 e. The molecule has 1 saturated carbocycles. The van der Waals surface area contributed by atoms with Crippen LogP contribution in [-0.4, -0.2) is 23.7 Å². The summed E-state index contributed by atoms with van der Waals surface area (Å²) in [6, 6.07) is 4.52. The van der Waals surface area contributed by atoms with Crippen LogP contribution >= 0.6 is 15.9 Å². The lowest BCUT2D eigenvalue weighted by Crippen LogP contribution is -2.31. The highest BCUT2D eigenvalue weighted by Crippen LogP contribution is 2.39. The second-order valence-corrected chi connectivity index (χ2v) is 5.83. The number of nitrogens with one attached hydrogen (secondary N) is 1. The Morgan fingerprint density at radius 2 is 2.18 bits per heavy atom. The van der Waals surface area contributed by atoms with Gasteiger partial charge in [0.1, 0.15) is 5.82 Å². The molecule has 1 aromatic heterocycles. The third-order valence-corrected chi connectivity index (χ3v) is 4.42. The predicted octanol–water partition coefficient (Wildman–Crippen LogP) is 3.13. The van der Waals surface area contributed by atoms with E-state index < -0.39 is 0 Å². The molecule has 2 heterocycles. The molecule has 1 saturated heterocycles. The summed E-state index contributed by atoms with van der Waals surface area (Å²) in [5.74, 6) is 1.75. The van der Waals surface area contributed by atoms with Crippen LogP contribution in [0, 0.1) is 12.8 Å². The molecule has 1 aliphatic carbocycles. The number of ether oxygens (including phenoxy) is 1. The van der Waals surface area contributed by atoms with Crippen molar-refractivity contribution in [2.75, 3.05) is 11.9 Å². The molecule has 92 valence electrons. The number of hydrogen-bond acceptors (Lipinski definition) is 3. The largest absolute Gasteiger partial charge is 0.376 e. The van der Waals surface area contributed by atoms with Crippen LogP contribution in [0.25, 0.3) is 0 Å². The summed E-state index contributed by atoms with van der Waals surface area (Å²) in [5, 5.41) is 3.52. The van der Waals surface area contributed by atoms with Crippen LogP contribution in [0.2, 0.25) is 0 Å². The van der Waals surface area contributed by atoms with E-state index >= 15 is 0 Å². The molecule has 2 unspecified atom stereocenters. The fraction of sp³-hybridized carbons (Fsp3) is 0.615. The molecular formula is C13H17BrN2O. The van der Waals surface area contributed by atoms with Crippen LogP contribution in [0.4, 0.5) is 5.82 Å². The molecule has 0 amide bonds. The van der Waals surface area contributed by atoms with Crippen molar-refractivity contribution in [1.82, 2.24) is 4.98 Å². The highest BCUT2D eigenvalue weighted by atomic mass is 79.9. The van der Waals surface area contributed by atoms with Crippen molar-refractivity contribution in [3.63, 3.8) is 0 Å². The van der Waals surface area contributed by atoms with E-state index in [1.165, 1.54) is 12.8 Å². The van der Waals surface area contributed by atoms with Gasteiger partial charge in [-0.25, -0.2) is 4.98 Å². The molecule has 0 radical (unpaired) electrons. The fourth-order valence-electron chi connectivity index (χ4n) is 2.47. The lowest BCUT2D eigenvalue weighted by atomic mass is 10.1. The average Bonchev–Trinajstić information content (AvgIpc) is 3.05. The SMILES string of the molecule is Cc1nc(NC2CCOC2C2CC2)ccc1Br. The quantitative estimate of drug-likeness (QED) is 0.930. The first-order chi connectivity index (χ1) is 8.24. The van der Waals surface area contributed by atoms with Gasteiger partial charge in [0.15, 0.2) is 0 Å². The highest BCUT2D eigenvalue weighted by Gasteiger charge is 2.40. The maximum Gasteiger partial charge on any atom is 0.126 e. The Hall–Kier alpha value is -0.610. The Morgan fingerprint density at radius 1 is 1.35 bits per heavy atom. The van der Waals surface area contributed by atoms with Gasteiger partial charge in [0, 0.05) is 11.1 Å². The zero-order valence-electron chi connectivity index (χ0n) is 9.95. The third-order valence-electron chi connectivity index (χ3n) is 3.58. The van der Waals surface area contributed by atoms with Crippen molar-refractivity contribution in [3.8, 4) is 0 Å². The molecule has 3 nitrogen and oxygen atoms in total. The second-order valence-electron chi connectivity index (χ2n) is 4.98. The van der Waals surface area contributed by atoms with Gasteiger partial charge < -0.3 is 10.1 Å². The number of nitrogens with zero attached hydrogens (tertiary/aromatic N) is 1.